The first-order chi connectivity index (χ1) is 9.75. The molecule has 0 aromatic carbocycles. The molecule has 3 nitrogen and oxygen atoms in total. The highest BCUT2D eigenvalue weighted by atomic mass is 15.3. The van der Waals surface area contributed by atoms with Crippen LogP contribution >= 0.6 is 0 Å². The van der Waals surface area contributed by atoms with E-state index in [9.17, 15) is 0 Å². The summed E-state index contributed by atoms with van der Waals surface area (Å²) in [5.74, 6) is 1.60. The molecule has 3 aliphatic rings. The Hall–Kier alpha value is -0.120. The number of nitrogens with zero attached hydrogens (tertiary/aromatic N) is 2. The normalized spacial score (nSPS) is 41.6. The van der Waals surface area contributed by atoms with Crippen molar-refractivity contribution in [3.05, 3.63) is 0 Å². The van der Waals surface area contributed by atoms with Gasteiger partial charge in [-0.25, -0.2) is 0 Å². The van der Waals surface area contributed by atoms with Crippen molar-refractivity contribution >= 4 is 0 Å². The smallest absolute Gasteiger partial charge is 0.0173 e. The van der Waals surface area contributed by atoms with E-state index in [1.54, 1.807) is 0 Å². The summed E-state index contributed by atoms with van der Waals surface area (Å²) in [6.07, 6.45) is 1.42. The Labute approximate surface area is 131 Å². The summed E-state index contributed by atoms with van der Waals surface area (Å²) in [5, 5.41) is 3.49. The molecule has 1 saturated carbocycles. The van der Waals surface area contributed by atoms with Crippen molar-refractivity contribution in [2.24, 2.45) is 17.3 Å². The SMILES string of the molecule is CC(C)[C@@H]1C(CN2CCNCC2)C2(C)CC2N1C(C)(C)C. The molecule has 1 aliphatic carbocycles. The number of hydrogen-bond acceptors (Lipinski definition) is 3. The lowest BCUT2D eigenvalue weighted by Crippen LogP contribution is -2.53. The summed E-state index contributed by atoms with van der Waals surface area (Å²) in [4.78, 5) is 5.59. The van der Waals surface area contributed by atoms with Crippen LogP contribution in [0.2, 0.25) is 0 Å². The minimum absolute atomic E-state index is 0.301. The maximum absolute atomic E-state index is 3.49. The summed E-state index contributed by atoms with van der Waals surface area (Å²) in [6, 6.07) is 1.58. The molecule has 0 spiro atoms. The molecule has 0 bridgehead atoms. The van der Waals surface area contributed by atoms with Gasteiger partial charge in [0.25, 0.3) is 0 Å². The van der Waals surface area contributed by atoms with E-state index in [0.717, 1.165) is 23.9 Å². The fourth-order valence-corrected chi connectivity index (χ4v) is 5.15. The lowest BCUT2D eigenvalue weighted by atomic mass is 9.80. The maximum Gasteiger partial charge on any atom is 0.0173 e. The minimum atomic E-state index is 0.301. The Kier molecular flexibility index (Phi) is 3.91. The van der Waals surface area contributed by atoms with Crippen molar-refractivity contribution in [1.82, 2.24) is 15.1 Å². The Morgan fingerprint density at radius 3 is 2.33 bits per heavy atom. The molecule has 2 aliphatic heterocycles. The zero-order valence-corrected chi connectivity index (χ0v) is 14.9. The van der Waals surface area contributed by atoms with Crippen LogP contribution < -0.4 is 5.32 Å². The minimum Gasteiger partial charge on any atom is -0.314 e. The maximum atomic E-state index is 3.49. The van der Waals surface area contributed by atoms with E-state index in [1.165, 1.54) is 39.1 Å². The summed E-state index contributed by atoms with van der Waals surface area (Å²) in [7, 11) is 0. The highest BCUT2D eigenvalue weighted by Gasteiger charge is 2.69. The zero-order chi connectivity index (χ0) is 15.4. The molecule has 2 heterocycles. The molecular weight excluding hydrogens is 258 g/mol. The first kappa shape index (κ1) is 15.8. The molecule has 3 unspecified atom stereocenters. The predicted octanol–water partition coefficient (Wildman–Crippen LogP) is 2.43. The number of rotatable bonds is 3. The van der Waals surface area contributed by atoms with Gasteiger partial charge in [-0.1, -0.05) is 20.8 Å². The molecule has 4 atom stereocenters. The monoisotopic (exact) mass is 293 g/mol. The first-order valence-electron chi connectivity index (χ1n) is 8.96. The third-order valence-corrected chi connectivity index (χ3v) is 6.27. The lowest BCUT2D eigenvalue weighted by molar-refractivity contribution is 0.0374. The number of hydrogen-bond donors (Lipinski definition) is 1. The van der Waals surface area contributed by atoms with Gasteiger partial charge in [0.15, 0.2) is 0 Å². The van der Waals surface area contributed by atoms with Gasteiger partial charge in [-0.15, -0.1) is 0 Å². The van der Waals surface area contributed by atoms with Crippen LogP contribution in [-0.4, -0.2) is 60.1 Å². The summed E-state index contributed by atoms with van der Waals surface area (Å²) < 4.78 is 0. The molecule has 3 rings (SSSR count). The van der Waals surface area contributed by atoms with Crippen molar-refractivity contribution < 1.29 is 0 Å². The van der Waals surface area contributed by atoms with Gasteiger partial charge in [0.2, 0.25) is 0 Å². The second kappa shape index (κ2) is 5.21. The van der Waals surface area contributed by atoms with Crippen LogP contribution in [0.4, 0.5) is 0 Å². The standard InChI is InChI=1S/C18H35N3/c1-13(2)16-14(12-20-9-7-19-8-10-20)18(6)11-15(18)21(16)17(3,4)5/h13-16,19H,7-12H2,1-6H3/t14?,15?,16-,18?/m1/s1. The lowest BCUT2D eigenvalue weighted by Gasteiger charge is -2.44. The second-order valence-electron chi connectivity index (χ2n) is 9.20. The number of likely N-dealkylation sites (tertiary alicyclic amines) is 1. The Morgan fingerprint density at radius 2 is 1.81 bits per heavy atom. The molecule has 2 saturated heterocycles. The Balaban J connectivity index is 1.80. The molecule has 3 heteroatoms. The largest absolute Gasteiger partial charge is 0.314 e. The number of piperazine rings is 1. The average molecular weight is 293 g/mol. The molecular formula is C18H35N3. The van der Waals surface area contributed by atoms with E-state index in [2.05, 4.69) is 56.7 Å². The van der Waals surface area contributed by atoms with Crippen LogP contribution in [0.1, 0.15) is 48.0 Å². The fourth-order valence-electron chi connectivity index (χ4n) is 5.15. The third-order valence-electron chi connectivity index (χ3n) is 6.27. The number of fused-ring (bicyclic) bond motifs is 1. The number of nitrogens with one attached hydrogen (secondary N) is 1. The first-order valence-corrected chi connectivity index (χ1v) is 8.96. The van der Waals surface area contributed by atoms with E-state index in [-0.39, 0.29) is 0 Å². The molecule has 122 valence electrons. The van der Waals surface area contributed by atoms with E-state index in [1.807, 2.05) is 0 Å². The summed E-state index contributed by atoms with van der Waals surface area (Å²) in [6.45, 7) is 20.8. The van der Waals surface area contributed by atoms with Crippen LogP contribution in [0.15, 0.2) is 0 Å². The summed E-state index contributed by atoms with van der Waals surface area (Å²) >= 11 is 0. The van der Waals surface area contributed by atoms with Gasteiger partial charge >= 0.3 is 0 Å². The summed E-state index contributed by atoms with van der Waals surface area (Å²) in [5.41, 5.74) is 0.878. The van der Waals surface area contributed by atoms with Gasteiger partial charge in [-0.2, -0.15) is 0 Å². The van der Waals surface area contributed by atoms with Crippen molar-refractivity contribution in [1.29, 1.82) is 0 Å². The molecule has 0 amide bonds. The van der Waals surface area contributed by atoms with Crippen molar-refractivity contribution in [3.63, 3.8) is 0 Å². The Bertz CT molecular complexity index is 380. The zero-order valence-electron chi connectivity index (χ0n) is 14.9. The van der Waals surface area contributed by atoms with E-state index in [4.69, 9.17) is 0 Å². The van der Waals surface area contributed by atoms with Gasteiger partial charge in [-0.05, 0) is 44.4 Å². The topological polar surface area (TPSA) is 18.5 Å². The molecule has 0 aromatic rings. The van der Waals surface area contributed by atoms with Crippen LogP contribution in [0, 0.1) is 17.3 Å². The average Bonchev–Trinajstić information content (AvgIpc) is 2.98. The van der Waals surface area contributed by atoms with Gasteiger partial charge in [0.05, 0.1) is 0 Å². The van der Waals surface area contributed by atoms with Crippen LogP contribution in [0.3, 0.4) is 0 Å². The third kappa shape index (κ3) is 2.66. The predicted molar refractivity (Wildman–Crippen MR) is 89.5 cm³/mol. The molecule has 1 N–H and O–H groups in total. The second-order valence-corrected chi connectivity index (χ2v) is 9.20. The Morgan fingerprint density at radius 1 is 1.19 bits per heavy atom. The van der Waals surface area contributed by atoms with Crippen molar-refractivity contribution in [2.75, 3.05) is 32.7 Å². The van der Waals surface area contributed by atoms with Gasteiger partial charge < -0.3 is 10.2 Å². The molecule has 0 radical (unpaired) electrons. The number of piperidine rings is 1. The van der Waals surface area contributed by atoms with Crippen LogP contribution in [-0.2, 0) is 0 Å². The molecule has 0 aromatic heterocycles. The van der Waals surface area contributed by atoms with Crippen LogP contribution in [0.5, 0.6) is 0 Å². The molecule has 21 heavy (non-hydrogen) atoms. The fraction of sp³-hybridized carbons (Fsp3) is 1.00. The quantitative estimate of drug-likeness (QED) is 0.862. The van der Waals surface area contributed by atoms with Crippen molar-refractivity contribution in [2.45, 2.75) is 65.6 Å². The van der Waals surface area contributed by atoms with E-state index >= 15 is 0 Å². The molecule has 3 fully saturated rings. The van der Waals surface area contributed by atoms with Gasteiger partial charge in [0.1, 0.15) is 0 Å². The van der Waals surface area contributed by atoms with E-state index in [0.29, 0.717) is 11.0 Å². The van der Waals surface area contributed by atoms with Crippen molar-refractivity contribution in [3.8, 4) is 0 Å². The van der Waals surface area contributed by atoms with Gasteiger partial charge in [-0.3, -0.25) is 4.90 Å². The van der Waals surface area contributed by atoms with Crippen LogP contribution in [0.25, 0.3) is 0 Å². The van der Waals surface area contributed by atoms with Gasteiger partial charge in [0, 0.05) is 50.3 Å². The van der Waals surface area contributed by atoms with E-state index < -0.39 is 0 Å². The highest BCUT2D eigenvalue weighted by molar-refractivity contribution is 5.21. The highest BCUT2D eigenvalue weighted by Crippen LogP contribution is 2.65.